The van der Waals surface area contributed by atoms with E-state index in [-0.39, 0.29) is 5.91 Å². The fourth-order valence-corrected chi connectivity index (χ4v) is 3.14. The van der Waals surface area contributed by atoms with Crippen molar-refractivity contribution in [1.82, 2.24) is 4.90 Å². The highest BCUT2D eigenvalue weighted by Gasteiger charge is 2.51. The third-order valence-corrected chi connectivity index (χ3v) is 3.98. The average molecular weight is 236 g/mol. The molecule has 1 aliphatic heterocycles. The molecular formula is C13H20N2O2. The number of carbonyl (C=O) groups excluding carboxylic acids is 1. The van der Waals surface area contributed by atoms with Crippen LogP contribution in [0, 0.1) is 22.7 Å². The predicted molar refractivity (Wildman–Crippen MR) is 62.9 cm³/mol. The summed E-state index contributed by atoms with van der Waals surface area (Å²) < 4.78 is 0. The van der Waals surface area contributed by atoms with E-state index in [1.807, 2.05) is 0 Å². The molecule has 94 valence electrons. The number of amides is 1. The van der Waals surface area contributed by atoms with Gasteiger partial charge in [0.1, 0.15) is 5.41 Å². The molecule has 2 rings (SSSR count). The molecule has 2 aliphatic rings. The van der Waals surface area contributed by atoms with Crippen LogP contribution in [-0.2, 0) is 4.79 Å². The SMILES string of the molecule is CC1CC(C#N)(C(=O)N2CCCC(C)(O)C2)C1. The molecule has 1 saturated heterocycles. The van der Waals surface area contributed by atoms with Gasteiger partial charge in [0.05, 0.1) is 11.7 Å². The Labute approximate surface area is 102 Å². The average Bonchev–Trinajstić information content (AvgIpc) is 2.22. The molecule has 17 heavy (non-hydrogen) atoms. The minimum absolute atomic E-state index is 0.0712. The summed E-state index contributed by atoms with van der Waals surface area (Å²) in [6.07, 6.45) is 2.88. The van der Waals surface area contributed by atoms with Crippen LogP contribution in [0.15, 0.2) is 0 Å². The van der Waals surface area contributed by atoms with E-state index < -0.39 is 11.0 Å². The van der Waals surface area contributed by atoms with Crippen LogP contribution in [0.25, 0.3) is 0 Å². The Balaban J connectivity index is 2.08. The van der Waals surface area contributed by atoms with Crippen LogP contribution in [0.2, 0.25) is 0 Å². The van der Waals surface area contributed by atoms with Crippen LogP contribution < -0.4 is 0 Å². The quantitative estimate of drug-likeness (QED) is 0.746. The van der Waals surface area contributed by atoms with Gasteiger partial charge in [0.25, 0.3) is 0 Å². The Hall–Kier alpha value is -1.08. The van der Waals surface area contributed by atoms with Gasteiger partial charge in [-0.05, 0) is 38.5 Å². The minimum Gasteiger partial charge on any atom is -0.388 e. The first kappa shape index (κ1) is 12.4. The summed E-state index contributed by atoms with van der Waals surface area (Å²) in [5, 5.41) is 19.2. The smallest absolute Gasteiger partial charge is 0.243 e. The Morgan fingerprint density at radius 2 is 2.18 bits per heavy atom. The number of likely N-dealkylation sites (tertiary alicyclic amines) is 1. The third kappa shape index (κ3) is 2.16. The molecular weight excluding hydrogens is 216 g/mol. The molecule has 0 aromatic rings. The van der Waals surface area contributed by atoms with E-state index in [1.54, 1.807) is 11.8 Å². The van der Waals surface area contributed by atoms with Crippen LogP contribution in [0.4, 0.5) is 0 Å². The lowest BCUT2D eigenvalue weighted by molar-refractivity contribution is -0.151. The van der Waals surface area contributed by atoms with E-state index in [9.17, 15) is 15.2 Å². The molecule has 1 aliphatic carbocycles. The van der Waals surface area contributed by atoms with E-state index in [1.165, 1.54) is 0 Å². The third-order valence-electron chi connectivity index (χ3n) is 3.98. The molecule has 1 heterocycles. The molecule has 4 nitrogen and oxygen atoms in total. The van der Waals surface area contributed by atoms with Gasteiger partial charge in [-0.25, -0.2) is 0 Å². The van der Waals surface area contributed by atoms with Crippen molar-refractivity contribution in [2.75, 3.05) is 13.1 Å². The Morgan fingerprint density at radius 1 is 1.53 bits per heavy atom. The van der Waals surface area contributed by atoms with Crippen LogP contribution in [-0.4, -0.2) is 34.6 Å². The number of piperidine rings is 1. The Kier molecular flexibility index (Phi) is 2.90. The number of aliphatic hydroxyl groups is 1. The summed E-state index contributed by atoms with van der Waals surface area (Å²) >= 11 is 0. The summed E-state index contributed by atoms with van der Waals surface area (Å²) in [5.74, 6) is 0.391. The molecule has 4 heteroatoms. The number of hydrogen-bond donors (Lipinski definition) is 1. The van der Waals surface area contributed by atoms with Gasteiger partial charge in [0.2, 0.25) is 5.91 Å². The van der Waals surface area contributed by atoms with Crippen molar-refractivity contribution in [3.05, 3.63) is 0 Å². The fraction of sp³-hybridized carbons (Fsp3) is 0.846. The van der Waals surface area contributed by atoms with Gasteiger partial charge >= 0.3 is 0 Å². The number of β-amino-alcohol motifs (C(OH)–C–C–N with tert-alkyl or cyclic N) is 1. The molecule has 1 unspecified atom stereocenters. The number of nitriles is 1. The maximum absolute atomic E-state index is 12.4. The van der Waals surface area contributed by atoms with Gasteiger partial charge < -0.3 is 10.0 Å². The zero-order chi connectivity index (χ0) is 12.7. The Morgan fingerprint density at radius 3 is 2.65 bits per heavy atom. The first-order valence-electron chi connectivity index (χ1n) is 6.32. The molecule has 0 aromatic carbocycles. The molecule has 0 aromatic heterocycles. The van der Waals surface area contributed by atoms with Crippen LogP contribution in [0.1, 0.15) is 39.5 Å². The van der Waals surface area contributed by atoms with E-state index in [0.717, 1.165) is 12.8 Å². The summed E-state index contributed by atoms with van der Waals surface area (Å²) in [6, 6.07) is 2.20. The molecule has 1 saturated carbocycles. The number of rotatable bonds is 1. The molecule has 0 radical (unpaired) electrons. The summed E-state index contributed by atoms with van der Waals surface area (Å²) in [6.45, 7) is 4.86. The summed E-state index contributed by atoms with van der Waals surface area (Å²) in [7, 11) is 0. The molecule has 1 N–H and O–H groups in total. The van der Waals surface area contributed by atoms with Crippen molar-refractivity contribution >= 4 is 5.91 Å². The lowest BCUT2D eigenvalue weighted by Gasteiger charge is -2.45. The van der Waals surface area contributed by atoms with Crippen molar-refractivity contribution in [2.24, 2.45) is 11.3 Å². The van der Waals surface area contributed by atoms with E-state index in [2.05, 4.69) is 13.0 Å². The van der Waals surface area contributed by atoms with E-state index in [0.29, 0.717) is 31.8 Å². The number of nitrogens with zero attached hydrogens (tertiary/aromatic N) is 2. The maximum Gasteiger partial charge on any atom is 0.243 e. The molecule has 1 amide bonds. The summed E-state index contributed by atoms with van der Waals surface area (Å²) in [5.41, 5.74) is -1.59. The molecule has 0 bridgehead atoms. The largest absolute Gasteiger partial charge is 0.388 e. The number of carbonyl (C=O) groups is 1. The standard InChI is InChI=1S/C13H20N2O2/c1-10-6-13(7-10,8-14)11(16)15-5-3-4-12(2,17)9-15/h10,17H,3-7,9H2,1-2H3. The maximum atomic E-state index is 12.4. The normalized spacial score (nSPS) is 41.5. The first-order chi connectivity index (χ1) is 7.88. The van der Waals surface area contributed by atoms with Crippen molar-refractivity contribution in [1.29, 1.82) is 5.26 Å². The van der Waals surface area contributed by atoms with Crippen molar-refractivity contribution in [2.45, 2.75) is 45.1 Å². The highest BCUT2D eigenvalue weighted by Crippen LogP contribution is 2.46. The van der Waals surface area contributed by atoms with Crippen molar-refractivity contribution in [3.8, 4) is 6.07 Å². The van der Waals surface area contributed by atoms with Crippen LogP contribution in [0.3, 0.4) is 0 Å². The lowest BCUT2D eigenvalue weighted by Crippen LogP contribution is -2.56. The molecule has 1 atom stereocenters. The monoisotopic (exact) mass is 236 g/mol. The highest BCUT2D eigenvalue weighted by atomic mass is 16.3. The molecule has 0 spiro atoms. The second kappa shape index (κ2) is 3.99. The fourth-order valence-electron chi connectivity index (χ4n) is 3.14. The van der Waals surface area contributed by atoms with E-state index in [4.69, 9.17) is 0 Å². The van der Waals surface area contributed by atoms with Crippen LogP contribution in [0.5, 0.6) is 0 Å². The number of hydrogen-bond acceptors (Lipinski definition) is 3. The second-order valence-electron chi connectivity index (χ2n) is 6.03. The summed E-state index contributed by atoms with van der Waals surface area (Å²) in [4.78, 5) is 14.0. The van der Waals surface area contributed by atoms with Gasteiger partial charge in [0.15, 0.2) is 0 Å². The van der Waals surface area contributed by atoms with Gasteiger partial charge in [-0.2, -0.15) is 5.26 Å². The lowest BCUT2D eigenvalue weighted by atomic mass is 9.62. The van der Waals surface area contributed by atoms with Gasteiger partial charge in [-0.15, -0.1) is 0 Å². The molecule has 2 fully saturated rings. The zero-order valence-corrected chi connectivity index (χ0v) is 10.6. The van der Waals surface area contributed by atoms with Crippen molar-refractivity contribution < 1.29 is 9.90 Å². The van der Waals surface area contributed by atoms with Crippen LogP contribution >= 0.6 is 0 Å². The topological polar surface area (TPSA) is 64.3 Å². The predicted octanol–water partition coefficient (Wildman–Crippen LogP) is 1.30. The van der Waals surface area contributed by atoms with Gasteiger partial charge in [0, 0.05) is 13.1 Å². The van der Waals surface area contributed by atoms with Gasteiger partial charge in [-0.3, -0.25) is 4.79 Å². The van der Waals surface area contributed by atoms with Gasteiger partial charge in [-0.1, -0.05) is 6.92 Å². The first-order valence-corrected chi connectivity index (χ1v) is 6.32. The highest BCUT2D eigenvalue weighted by molar-refractivity contribution is 5.86. The van der Waals surface area contributed by atoms with Crippen molar-refractivity contribution in [3.63, 3.8) is 0 Å². The second-order valence-corrected chi connectivity index (χ2v) is 6.03. The Bertz CT molecular complexity index is 364. The zero-order valence-electron chi connectivity index (χ0n) is 10.6. The van der Waals surface area contributed by atoms with E-state index >= 15 is 0 Å². The minimum atomic E-state index is -0.799.